The van der Waals surface area contributed by atoms with Crippen LogP contribution in [0.1, 0.15) is 58.3 Å². The molecule has 1 N–H and O–H groups in total. The van der Waals surface area contributed by atoms with E-state index in [0.717, 1.165) is 5.92 Å². The van der Waals surface area contributed by atoms with Gasteiger partial charge in [-0.25, -0.2) is 4.79 Å². The first-order valence-corrected chi connectivity index (χ1v) is 7.24. The number of carbonyl (C=O) groups is 1. The van der Waals surface area contributed by atoms with E-state index in [-0.39, 0.29) is 6.03 Å². The Kier molecular flexibility index (Phi) is 4.30. The molecule has 0 bridgehead atoms. The van der Waals surface area contributed by atoms with Crippen LogP contribution in [0.15, 0.2) is 0 Å². The Balaban J connectivity index is 1.75. The van der Waals surface area contributed by atoms with Gasteiger partial charge in [0.05, 0.1) is 0 Å². The van der Waals surface area contributed by atoms with Gasteiger partial charge in [0.15, 0.2) is 0 Å². The maximum absolute atomic E-state index is 12.0. The number of urea groups is 1. The number of carbonyl (C=O) groups excluding carboxylic acids is 1. The van der Waals surface area contributed by atoms with Crippen molar-refractivity contribution in [3.8, 4) is 0 Å². The largest absolute Gasteiger partial charge is 0.335 e. The SMILES string of the molecule is CCC1CCC(N(C)C(=O)NC2CCC2)CC1. The van der Waals surface area contributed by atoms with E-state index in [1.165, 1.54) is 51.4 Å². The minimum absolute atomic E-state index is 0.148. The van der Waals surface area contributed by atoms with E-state index in [1.54, 1.807) is 0 Å². The number of rotatable bonds is 3. The smallest absolute Gasteiger partial charge is 0.317 e. The maximum atomic E-state index is 12.0. The summed E-state index contributed by atoms with van der Waals surface area (Å²) in [6.07, 6.45) is 9.87. The summed E-state index contributed by atoms with van der Waals surface area (Å²) < 4.78 is 0. The van der Waals surface area contributed by atoms with Gasteiger partial charge in [0.2, 0.25) is 0 Å². The van der Waals surface area contributed by atoms with E-state index < -0.39 is 0 Å². The molecule has 0 spiro atoms. The molecule has 2 fully saturated rings. The van der Waals surface area contributed by atoms with Crippen molar-refractivity contribution in [2.75, 3.05) is 7.05 Å². The lowest BCUT2D eigenvalue weighted by Crippen LogP contribution is -2.49. The predicted octanol–water partition coefficient (Wildman–Crippen LogP) is 3.15. The summed E-state index contributed by atoms with van der Waals surface area (Å²) in [4.78, 5) is 14.0. The molecular weight excluding hydrogens is 212 g/mol. The lowest BCUT2D eigenvalue weighted by atomic mass is 9.84. The second-order valence-corrected chi connectivity index (χ2v) is 5.77. The Morgan fingerprint density at radius 2 is 1.82 bits per heavy atom. The Bertz CT molecular complexity index is 255. The highest BCUT2D eigenvalue weighted by Gasteiger charge is 2.27. The van der Waals surface area contributed by atoms with Crippen LogP contribution < -0.4 is 5.32 Å². The van der Waals surface area contributed by atoms with E-state index in [2.05, 4.69) is 12.2 Å². The van der Waals surface area contributed by atoms with Crippen LogP contribution in [0.5, 0.6) is 0 Å². The molecule has 2 saturated carbocycles. The number of nitrogens with zero attached hydrogens (tertiary/aromatic N) is 1. The van der Waals surface area contributed by atoms with Gasteiger partial charge >= 0.3 is 6.03 Å². The summed E-state index contributed by atoms with van der Waals surface area (Å²) in [6.45, 7) is 2.28. The molecular formula is C14H26N2O. The lowest BCUT2D eigenvalue weighted by Gasteiger charge is -2.36. The molecule has 0 aliphatic heterocycles. The average molecular weight is 238 g/mol. The third kappa shape index (κ3) is 3.14. The number of hydrogen-bond donors (Lipinski definition) is 1. The summed E-state index contributed by atoms with van der Waals surface area (Å²) in [5.74, 6) is 0.898. The van der Waals surface area contributed by atoms with Gasteiger partial charge < -0.3 is 10.2 Å². The summed E-state index contributed by atoms with van der Waals surface area (Å²) in [7, 11) is 1.96. The van der Waals surface area contributed by atoms with Crippen LogP contribution in [0.3, 0.4) is 0 Å². The van der Waals surface area contributed by atoms with Gasteiger partial charge in [-0.3, -0.25) is 0 Å². The Labute approximate surface area is 105 Å². The number of nitrogens with one attached hydrogen (secondary N) is 1. The first kappa shape index (κ1) is 12.7. The Morgan fingerprint density at radius 1 is 1.18 bits per heavy atom. The molecule has 2 amide bonds. The molecule has 0 aromatic heterocycles. The van der Waals surface area contributed by atoms with Crippen LogP contribution >= 0.6 is 0 Å². The molecule has 17 heavy (non-hydrogen) atoms. The zero-order chi connectivity index (χ0) is 12.3. The van der Waals surface area contributed by atoms with Crippen LogP contribution in [-0.4, -0.2) is 30.1 Å². The van der Waals surface area contributed by atoms with Gasteiger partial charge in [-0.05, 0) is 50.9 Å². The van der Waals surface area contributed by atoms with Gasteiger partial charge in [-0.15, -0.1) is 0 Å². The molecule has 0 radical (unpaired) electrons. The van der Waals surface area contributed by atoms with Crippen LogP contribution in [0, 0.1) is 5.92 Å². The van der Waals surface area contributed by atoms with Crippen molar-refractivity contribution < 1.29 is 4.79 Å². The minimum atomic E-state index is 0.148. The topological polar surface area (TPSA) is 32.3 Å². The fourth-order valence-electron chi connectivity index (χ4n) is 2.94. The van der Waals surface area contributed by atoms with E-state index in [1.807, 2.05) is 11.9 Å². The third-order valence-electron chi connectivity index (χ3n) is 4.69. The highest BCUT2D eigenvalue weighted by atomic mass is 16.2. The molecule has 0 saturated heterocycles. The zero-order valence-corrected chi connectivity index (χ0v) is 11.2. The normalized spacial score (nSPS) is 29.5. The summed E-state index contributed by atoms with van der Waals surface area (Å²) >= 11 is 0. The van der Waals surface area contributed by atoms with Crippen molar-refractivity contribution in [1.29, 1.82) is 0 Å². The van der Waals surface area contributed by atoms with Crippen LogP contribution in [-0.2, 0) is 0 Å². The van der Waals surface area contributed by atoms with Crippen molar-refractivity contribution in [3.05, 3.63) is 0 Å². The average Bonchev–Trinajstić information content (AvgIpc) is 2.32. The van der Waals surface area contributed by atoms with Crippen molar-refractivity contribution in [3.63, 3.8) is 0 Å². The van der Waals surface area contributed by atoms with Gasteiger partial charge in [-0.1, -0.05) is 13.3 Å². The summed E-state index contributed by atoms with van der Waals surface area (Å²) in [5.41, 5.74) is 0. The summed E-state index contributed by atoms with van der Waals surface area (Å²) in [5, 5.41) is 3.13. The molecule has 3 nitrogen and oxygen atoms in total. The van der Waals surface area contributed by atoms with Crippen LogP contribution in [0.25, 0.3) is 0 Å². The van der Waals surface area contributed by atoms with Crippen molar-refractivity contribution in [2.24, 2.45) is 5.92 Å². The molecule has 0 atom stereocenters. The number of hydrogen-bond acceptors (Lipinski definition) is 1. The molecule has 0 heterocycles. The molecule has 0 aromatic rings. The lowest BCUT2D eigenvalue weighted by molar-refractivity contribution is 0.152. The highest BCUT2D eigenvalue weighted by molar-refractivity contribution is 5.74. The summed E-state index contributed by atoms with van der Waals surface area (Å²) in [6, 6.07) is 1.07. The highest BCUT2D eigenvalue weighted by Crippen LogP contribution is 2.29. The third-order valence-corrected chi connectivity index (χ3v) is 4.69. The molecule has 3 heteroatoms. The second kappa shape index (κ2) is 5.74. The van der Waals surface area contributed by atoms with Crippen molar-refractivity contribution in [1.82, 2.24) is 10.2 Å². The fourth-order valence-corrected chi connectivity index (χ4v) is 2.94. The zero-order valence-electron chi connectivity index (χ0n) is 11.2. The minimum Gasteiger partial charge on any atom is -0.335 e. The molecule has 98 valence electrons. The van der Waals surface area contributed by atoms with E-state index in [4.69, 9.17) is 0 Å². The molecule has 2 aliphatic rings. The standard InChI is InChI=1S/C14H26N2O/c1-3-11-7-9-13(10-8-11)16(2)14(17)15-12-5-4-6-12/h11-13H,3-10H2,1-2H3,(H,15,17). The van der Waals surface area contributed by atoms with Crippen LogP contribution in [0.4, 0.5) is 4.79 Å². The molecule has 0 aromatic carbocycles. The van der Waals surface area contributed by atoms with Crippen molar-refractivity contribution >= 4 is 6.03 Å². The number of amides is 2. The van der Waals surface area contributed by atoms with Gasteiger partial charge in [-0.2, -0.15) is 0 Å². The quantitative estimate of drug-likeness (QED) is 0.805. The fraction of sp³-hybridized carbons (Fsp3) is 0.929. The molecule has 2 aliphatic carbocycles. The van der Waals surface area contributed by atoms with Gasteiger partial charge in [0.1, 0.15) is 0 Å². The van der Waals surface area contributed by atoms with Crippen molar-refractivity contribution in [2.45, 2.75) is 70.4 Å². The maximum Gasteiger partial charge on any atom is 0.317 e. The Morgan fingerprint density at radius 3 is 2.29 bits per heavy atom. The second-order valence-electron chi connectivity index (χ2n) is 5.77. The first-order chi connectivity index (χ1) is 8.20. The molecule has 2 rings (SSSR count). The van der Waals surface area contributed by atoms with Gasteiger partial charge in [0, 0.05) is 19.1 Å². The van der Waals surface area contributed by atoms with E-state index in [9.17, 15) is 4.79 Å². The van der Waals surface area contributed by atoms with Gasteiger partial charge in [0.25, 0.3) is 0 Å². The van der Waals surface area contributed by atoms with Crippen LogP contribution in [0.2, 0.25) is 0 Å². The predicted molar refractivity (Wildman–Crippen MR) is 70.0 cm³/mol. The Hall–Kier alpha value is -0.730. The van der Waals surface area contributed by atoms with E-state index >= 15 is 0 Å². The monoisotopic (exact) mass is 238 g/mol. The first-order valence-electron chi connectivity index (χ1n) is 7.24. The molecule has 0 unspecified atom stereocenters. The van der Waals surface area contributed by atoms with E-state index in [0.29, 0.717) is 12.1 Å².